The van der Waals surface area contributed by atoms with Gasteiger partial charge in [-0.25, -0.2) is 12.8 Å². The molecule has 0 spiro atoms. The number of rotatable bonds is 10. The Kier molecular flexibility index (Phi) is 9.46. The van der Waals surface area contributed by atoms with E-state index in [1.807, 2.05) is 43.3 Å². The zero-order valence-electron chi connectivity index (χ0n) is 18.5. The molecule has 1 unspecified atom stereocenters. The summed E-state index contributed by atoms with van der Waals surface area (Å²) in [5.41, 5.74) is 8.67. The molecular formula is C23H29FN4O2S2. The van der Waals surface area contributed by atoms with Gasteiger partial charge < -0.3 is 10.6 Å². The van der Waals surface area contributed by atoms with Gasteiger partial charge in [0.15, 0.2) is 9.84 Å². The summed E-state index contributed by atoms with van der Waals surface area (Å²) in [7, 11) is -1.40. The zero-order chi connectivity index (χ0) is 23.7. The maximum absolute atomic E-state index is 14.7. The van der Waals surface area contributed by atoms with Gasteiger partial charge in [-0.1, -0.05) is 56.3 Å². The van der Waals surface area contributed by atoms with E-state index in [9.17, 15) is 12.8 Å². The molecule has 0 aromatic heterocycles. The van der Waals surface area contributed by atoms with Crippen LogP contribution in [0.2, 0.25) is 0 Å². The minimum atomic E-state index is -3.08. The Bertz CT molecular complexity index is 1090. The Morgan fingerprint density at radius 3 is 2.56 bits per heavy atom. The normalized spacial score (nSPS) is 13.6. The highest BCUT2D eigenvalue weighted by molar-refractivity contribution is 8.01. The molecule has 0 aliphatic carbocycles. The molecule has 0 bridgehead atoms. The van der Waals surface area contributed by atoms with Crippen molar-refractivity contribution in [1.29, 1.82) is 0 Å². The maximum atomic E-state index is 14.7. The van der Waals surface area contributed by atoms with E-state index < -0.39 is 9.84 Å². The Hall–Kier alpha value is -2.65. The molecule has 2 N–H and O–H groups in total. The van der Waals surface area contributed by atoms with Crippen LogP contribution in [0, 0.1) is 5.82 Å². The maximum Gasteiger partial charge on any atom is 0.203 e. The van der Waals surface area contributed by atoms with E-state index in [4.69, 9.17) is 5.73 Å². The lowest BCUT2D eigenvalue weighted by molar-refractivity contribution is 0.521. The molecule has 172 valence electrons. The number of benzene rings is 2. The quantitative estimate of drug-likeness (QED) is 0.311. The molecule has 0 amide bonds. The number of halogens is 1. The van der Waals surface area contributed by atoms with Crippen LogP contribution < -0.4 is 5.73 Å². The lowest BCUT2D eigenvalue weighted by Crippen LogP contribution is -2.37. The Balaban J connectivity index is 2.08. The average Bonchev–Trinajstić information content (AvgIpc) is 2.80. The Morgan fingerprint density at radius 1 is 1.28 bits per heavy atom. The molecule has 0 radical (unpaired) electrons. The summed E-state index contributed by atoms with van der Waals surface area (Å²) in [6.07, 6.45) is 0. The van der Waals surface area contributed by atoms with Crippen molar-refractivity contribution in [2.45, 2.75) is 19.8 Å². The minimum absolute atomic E-state index is 0.0117. The molecule has 0 saturated heterocycles. The van der Waals surface area contributed by atoms with Gasteiger partial charge in [0.2, 0.25) is 5.96 Å². The van der Waals surface area contributed by atoms with Crippen molar-refractivity contribution in [2.24, 2.45) is 15.1 Å². The second-order valence-electron chi connectivity index (χ2n) is 7.24. The molecule has 2 rings (SSSR count). The largest absolute Gasteiger partial charge is 0.369 e. The van der Waals surface area contributed by atoms with Crippen LogP contribution in [-0.4, -0.2) is 51.1 Å². The second-order valence-corrected chi connectivity index (χ2v) is 10.3. The van der Waals surface area contributed by atoms with E-state index in [1.165, 1.54) is 6.07 Å². The lowest BCUT2D eigenvalue weighted by Gasteiger charge is -2.17. The number of guanidine groups is 1. The fourth-order valence-corrected chi connectivity index (χ4v) is 4.37. The fraction of sp³-hybridized carbons (Fsp3) is 0.304. The summed E-state index contributed by atoms with van der Waals surface area (Å²) in [5.74, 6) is -0.204. The average molecular weight is 477 g/mol. The zero-order valence-corrected chi connectivity index (χ0v) is 20.2. The third-order valence-electron chi connectivity index (χ3n) is 5.09. The molecule has 0 fully saturated rings. The Morgan fingerprint density at radius 2 is 1.97 bits per heavy atom. The number of hydrogen-bond acceptors (Lipinski definition) is 5. The highest BCUT2D eigenvalue weighted by atomic mass is 32.2. The summed E-state index contributed by atoms with van der Waals surface area (Å²) in [4.78, 5) is 5.64. The van der Waals surface area contributed by atoms with Crippen molar-refractivity contribution in [3.63, 3.8) is 0 Å². The van der Waals surface area contributed by atoms with Crippen LogP contribution in [0.3, 0.4) is 0 Å². The lowest BCUT2D eigenvalue weighted by atomic mass is 9.95. The van der Waals surface area contributed by atoms with Gasteiger partial charge in [-0.3, -0.25) is 4.99 Å². The van der Waals surface area contributed by atoms with Gasteiger partial charge in [-0.05, 0) is 23.9 Å². The molecule has 1 atom stereocenters. The van der Waals surface area contributed by atoms with E-state index in [0.29, 0.717) is 11.3 Å². The predicted octanol–water partition coefficient (Wildman–Crippen LogP) is 4.47. The number of nitrogens with two attached hydrogens (primary N) is 1. The van der Waals surface area contributed by atoms with Gasteiger partial charge in [0.1, 0.15) is 5.82 Å². The predicted molar refractivity (Wildman–Crippen MR) is 134 cm³/mol. The summed E-state index contributed by atoms with van der Waals surface area (Å²) < 4.78 is 42.2. The van der Waals surface area contributed by atoms with E-state index in [-0.39, 0.29) is 35.7 Å². The SMILES string of the molecule is C=N/C(=C\S/N=C(\N)N(C)CCS(=O)(=O)CC)C(C)c1ccc(-c2ccccc2)c(F)c1. The van der Waals surface area contributed by atoms with Crippen LogP contribution in [0.5, 0.6) is 0 Å². The number of sulfone groups is 1. The van der Waals surface area contributed by atoms with Crippen LogP contribution in [0.1, 0.15) is 25.3 Å². The monoisotopic (exact) mass is 476 g/mol. The van der Waals surface area contributed by atoms with Crippen LogP contribution in [-0.2, 0) is 9.84 Å². The third kappa shape index (κ3) is 7.20. The number of nitrogens with zero attached hydrogens (tertiary/aromatic N) is 3. The molecule has 9 heteroatoms. The van der Waals surface area contributed by atoms with Gasteiger partial charge in [-0.15, -0.1) is 0 Å². The summed E-state index contributed by atoms with van der Waals surface area (Å²) in [6.45, 7) is 7.39. The van der Waals surface area contributed by atoms with E-state index in [2.05, 4.69) is 16.1 Å². The molecule has 2 aromatic rings. The number of aliphatic imine (C=N–C) groups is 1. The third-order valence-corrected chi connectivity index (χ3v) is 7.42. The van der Waals surface area contributed by atoms with Crippen LogP contribution in [0.15, 0.2) is 69.0 Å². The Labute approximate surface area is 194 Å². The van der Waals surface area contributed by atoms with Crippen molar-refractivity contribution in [1.82, 2.24) is 4.90 Å². The first-order valence-electron chi connectivity index (χ1n) is 10.1. The first kappa shape index (κ1) is 25.6. The number of allylic oxidation sites excluding steroid dienone is 1. The second kappa shape index (κ2) is 11.8. The highest BCUT2D eigenvalue weighted by Gasteiger charge is 2.14. The molecule has 0 heterocycles. The van der Waals surface area contributed by atoms with Gasteiger partial charge in [-0.2, -0.15) is 4.40 Å². The van der Waals surface area contributed by atoms with E-state index in [0.717, 1.165) is 23.1 Å². The van der Waals surface area contributed by atoms with Crippen LogP contribution >= 0.6 is 11.9 Å². The molecule has 0 saturated carbocycles. The summed E-state index contributed by atoms with van der Waals surface area (Å²) in [6, 6.07) is 14.5. The van der Waals surface area contributed by atoms with Crippen molar-refractivity contribution in [3.05, 3.63) is 71.0 Å². The van der Waals surface area contributed by atoms with Gasteiger partial charge in [0, 0.05) is 48.2 Å². The van der Waals surface area contributed by atoms with Crippen molar-refractivity contribution in [2.75, 3.05) is 25.1 Å². The highest BCUT2D eigenvalue weighted by Crippen LogP contribution is 2.31. The minimum Gasteiger partial charge on any atom is -0.369 e. The topological polar surface area (TPSA) is 88.1 Å². The molecule has 0 aliphatic rings. The standard InChI is InChI=1S/C23H29FN4O2S2/c1-5-32(29,30)14-13-28(4)23(25)27-31-16-22(26-3)17(2)19-11-12-20(21(24)15-19)18-9-7-6-8-10-18/h6-12,15-17H,3,5,13-14H2,1-2,4H3,(H2,25,27)/b22-16-. The fourth-order valence-electron chi connectivity index (χ4n) is 2.84. The smallest absolute Gasteiger partial charge is 0.203 e. The van der Waals surface area contributed by atoms with Gasteiger partial charge >= 0.3 is 0 Å². The molecule has 0 aliphatic heterocycles. The first-order valence-corrected chi connectivity index (χ1v) is 12.8. The molecule has 6 nitrogen and oxygen atoms in total. The molecule has 32 heavy (non-hydrogen) atoms. The van der Waals surface area contributed by atoms with Crippen LogP contribution in [0.4, 0.5) is 4.39 Å². The van der Waals surface area contributed by atoms with Crippen molar-refractivity contribution < 1.29 is 12.8 Å². The van der Waals surface area contributed by atoms with E-state index in [1.54, 1.807) is 30.3 Å². The molecule has 2 aromatic carbocycles. The van der Waals surface area contributed by atoms with Crippen molar-refractivity contribution >= 4 is 34.5 Å². The summed E-state index contributed by atoms with van der Waals surface area (Å²) >= 11 is 1.07. The van der Waals surface area contributed by atoms with Crippen molar-refractivity contribution in [3.8, 4) is 11.1 Å². The summed E-state index contributed by atoms with van der Waals surface area (Å²) in [5, 5.41) is 1.70. The van der Waals surface area contributed by atoms with Gasteiger partial charge in [0.05, 0.1) is 11.4 Å². The number of hydrogen-bond donors (Lipinski definition) is 1. The van der Waals surface area contributed by atoms with Crippen LogP contribution in [0.25, 0.3) is 11.1 Å². The van der Waals surface area contributed by atoms with Gasteiger partial charge in [0.25, 0.3) is 0 Å². The molecular weight excluding hydrogens is 447 g/mol. The first-order chi connectivity index (χ1) is 15.2. The van der Waals surface area contributed by atoms with E-state index >= 15 is 0 Å².